The summed E-state index contributed by atoms with van der Waals surface area (Å²) >= 11 is 0. The molecule has 0 saturated carbocycles. The number of aromatic nitrogens is 2. The molecule has 6 nitrogen and oxygen atoms in total. The standard InChI is InChI=1S/C15H17N3O3/c1-10-6-17(7-11(10)15(20)21)14(19)8-18-9-16-12-4-2-3-5-13(12)18/h2-5,9-11H,6-8H2,1H3,(H,20,21). The lowest BCUT2D eigenvalue weighted by atomic mass is 9.99. The van der Waals surface area contributed by atoms with Crippen molar-refractivity contribution in [3.63, 3.8) is 0 Å². The van der Waals surface area contributed by atoms with Crippen molar-refractivity contribution in [3.05, 3.63) is 30.6 Å². The van der Waals surface area contributed by atoms with E-state index < -0.39 is 11.9 Å². The highest BCUT2D eigenvalue weighted by molar-refractivity contribution is 5.81. The summed E-state index contributed by atoms with van der Waals surface area (Å²) in [6.45, 7) is 2.86. The Kier molecular flexibility index (Phi) is 3.37. The first kappa shape index (κ1) is 13.6. The third-order valence-electron chi connectivity index (χ3n) is 4.12. The van der Waals surface area contributed by atoms with E-state index in [0.717, 1.165) is 11.0 Å². The molecule has 1 amide bonds. The van der Waals surface area contributed by atoms with Gasteiger partial charge in [-0.3, -0.25) is 9.59 Å². The highest BCUT2D eigenvalue weighted by Crippen LogP contribution is 2.23. The van der Waals surface area contributed by atoms with E-state index in [1.54, 1.807) is 15.8 Å². The first-order valence-electron chi connectivity index (χ1n) is 6.96. The van der Waals surface area contributed by atoms with Crippen molar-refractivity contribution >= 4 is 22.9 Å². The van der Waals surface area contributed by atoms with Gasteiger partial charge in [-0.05, 0) is 18.1 Å². The molecule has 1 fully saturated rings. The second-order valence-electron chi connectivity index (χ2n) is 5.58. The molecule has 3 rings (SSSR count). The minimum atomic E-state index is -0.828. The summed E-state index contributed by atoms with van der Waals surface area (Å²) < 4.78 is 1.80. The van der Waals surface area contributed by atoms with Gasteiger partial charge in [0.25, 0.3) is 0 Å². The average molecular weight is 287 g/mol. The van der Waals surface area contributed by atoms with Crippen molar-refractivity contribution in [2.24, 2.45) is 11.8 Å². The van der Waals surface area contributed by atoms with Gasteiger partial charge in [0, 0.05) is 13.1 Å². The lowest BCUT2D eigenvalue weighted by Gasteiger charge is -2.16. The summed E-state index contributed by atoms with van der Waals surface area (Å²) in [6, 6.07) is 7.63. The highest BCUT2D eigenvalue weighted by atomic mass is 16.4. The van der Waals surface area contributed by atoms with E-state index >= 15 is 0 Å². The van der Waals surface area contributed by atoms with Crippen molar-refractivity contribution in [1.29, 1.82) is 0 Å². The van der Waals surface area contributed by atoms with Gasteiger partial charge in [0.2, 0.25) is 5.91 Å². The Labute approximate surface area is 122 Å². The molecule has 1 aromatic heterocycles. The van der Waals surface area contributed by atoms with Crippen LogP contribution < -0.4 is 0 Å². The fraction of sp³-hybridized carbons (Fsp3) is 0.400. The third kappa shape index (κ3) is 2.49. The molecule has 2 unspecified atom stereocenters. The molecule has 0 bridgehead atoms. The second kappa shape index (κ2) is 5.20. The fourth-order valence-corrected chi connectivity index (χ4v) is 2.87. The fourth-order valence-electron chi connectivity index (χ4n) is 2.87. The minimum absolute atomic E-state index is 0.00835. The van der Waals surface area contributed by atoms with Gasteiger partial charge < -0.3 is 14.6 Å². The lowest BCUT2D eigenvalue weighted by molar-refractivity contribution is -0.142. The molecule has 1 aromatic carbocycles. The maximum Gasteiger partial charge on any atom is 0.308 e. The highest BCUT2D eigenvalue weighted by Gasteiger charge is 2.36. The monoisotopic (exact) mass is 287 g/mol. The van der Waals surface area contributed by atoms with Crippen LogP contribution in [0.4, 0.5) is 0 Å². The molecule has 0 aliphatic carbocycles. The predicted octanol–water partition coefficient (Wildman–Crippen LogP) is 1.22. The number of hydrogen-bond donors (Lipinski definition) is 1. The Morgan fingerprint density at radius 2 is 2.10 bits per heavy atom. The van der Waals surface area contributed by atoms with Crippen molar-refractivity contribution in [1.82, 2.24) is 14.5 Å². The number of likely N-dealkylation sites (tertiary alicyclic amines) is 1. The summed E-state index contributed by atoms with van der Waals surface area (Å²) in [5.74, 6) is -1.36. The van der Waals surface area contributed by atoms with Crippen molar-refractivity contribution in [2.45, 2.75) is 13.5 Å². The van der Waals surface area contributed by atoms with Gasteiger partial charge in [-0.2, -0.15) is 0 Å². The molecule has 1 aliphatic rings. The normalized spacial score (nSPS) is 21.9. The van der Waals surface area contributed by atoms with Gasteiger partial charge in [0.15, 0.2) is 0 Å². The topological polar surface area (TPSA) is 75.4 Å². The first-order valence-corrected chi connectivity index (χ1v) is 6.96. The van der Waals surface area contributed by atoms with Gasteiger partial charge in [0.1, 0.15) is 6.54 Å². The number of para-hydroxylation sites is 2. The number of nitrogens with zero attached hydrogens (tertiary/aromatic N) is 3. The zero-order valence-electron chi connectivity index (χ0n) is 11.8. The van der Waals surface area contributed by atoms with E-state index in [1.807, 2.05) is 31.2 Å². The zero-order valence-corrected chi connectivity index (χ0v) is 11.8. The summed E-state index contributed by atoms with van der Waals surface area (Å²) in [4.78, 5) is 29.4. The number of hydrogen-bond acceptors (Lipinski definition) is 3. The number of carbonyl (C=O) groups is 2. The first-order chi connectivity index (χ1) is 10.1. The van der Waals surface area contributed by atoms with Crippen molar-refractivity contribution < 1.29 is 14.7 Å². The molecular weight excluding hydrogens is 270 g/mol. The van der Waals surface area contributed by atoms with E-state index in [-0.39, 0.29) is 18.4 Å². The van der Waals surface area contributed by atoms with E-state index in [2.05, 4.69) is 4.98 Å². The molecule has 1 N–H and O–H groups in total. The van der Waals surface area contributed by atoms with Crippen molar-refractivity contribution in [3.8, 4) is 0 Å². The van der Waals surface area contributed by atoms with Crippen LogP contribution in [-0.2, 0) is 16.1 Å². The SMILES string of the molecule is CC1CN(C(=O)Cn2cnc3ccccc32)CC1C(=O)O. The molecule has 2 heterocycles. The van der Waals surface area contributed by atoms with Crippen LogP contribution in [-0.4, -0.2) is 44.5 Å². The van der Waals surface area contributed by atoms with Crippen molar-refractivity contribution in [2.75, 3.05) is 13.1 Å². The van der Waals surface area contributed by atoms with E-state index in [0.29, 0.717) is 13.1 Å². The Bertz CT molecular complexity index is 694. The van der Waals surface area contributed by atoms with Crippen LogP contribution in [0.15, 0.2) is 30.6 Å². The van der Waals surface area contributed by atoms with Gasteiger partial charge in [-0.15, -0.1) is 0 Å². The number of carboxylic acid groups (broad SMARTS) is 1. The number of rotatable bonds is 3. The Morgan fingerprint density at radius 1 is 1.33 bits per heavy atom. The summed E-state index contributed by atoms with van der Waals surface area (Å²) in [7, 11) is 0. The van der Waals surface area contributed by atoms with E-state index in [4.69, 9.17) is 5.11 Å². The van der Waals surface area contributed by atoms with Crippen LogP contribution in [0.2, 0.25) is 0 Å². The predicted molar refractivity (Wildman–Crippen MR) is 76.6 cm³/mol. The number of fused-ring (bicyclic) bond motifs is 1. The van der Waals surface area contributed by atoms with Crippen LogP contribution in [0.25, 0.3) is 11.0 Å². The third-order valence-corrected chi connectivity index (χ3v) is 4.12. The van der Waals surface area contributed by atoms with E-state index in [1.165, 1.54) is 0 Å². The largest absolute Gasteiger partial charge is 0.481 e. The maximum absolute atomic E-state index is 12.4. The second-order valence-corrected chi connectivity index (χ2v) is 5.58. The van der Waals surface area contributed by atoms with Gasteiger partial charge >= 0.3 is 5.97 Å². The number of carboxylic acids is 1. The van der Waals surface area contributed by atoms with Gasteiger partial charge in [-0.25, -0.2) is 4.98 Å². The zero-order chi connectivity index (χ0) is 15.0. The van der Waals surface area contributed by atoms with Gasteiger partial charge in [0.05, 0.1) is 23.3 Å². The number of amides is 1. The van der Waals surface area contributed by atoms with Crippen LogP contribution in [0, 0.1) is 11.8 Å². The Hall–Kier alpha value is -2.37. The molecule has 2 aromatic rings. The molecule has 2 atom stereocenters. The Balaban J connectivity index is 1.74. The Morgan fingerprint density at radius 3 is 2.81 bits per heavy atom. The average Bonchev–Trinajstić information content (AvgIpc) is 3.03. The molecule has 6 heteroatoms. The number of carbonyl (C=O) groups excluding carboxylic acids is 1. The number of aliphatic carboxylic acids is 1. The lowest BCUT2D eigenvalue weighted by Crippen LogP contribution is -2.32. The van der Waals surface area contributed by atoms with E-state index in [9.17, 15) is 9.59 Å². The van der Waals surface area contributed by atoms with Crippen LogP contribution in [0.3, 0.4) is 0 Å². The van der Waals surface area contributed by atoms with Gasteiger partial charge in [-0.1, -0.05) is 19.1 Å². The van der Waals surface area contributed by atoms with Crippen LogP contribution in [0.5, 0.6) is 0 Å². The molecule has 1 saturated heterocycles. The maximum atomic E-state index is 12.4. The smallest absolute Gasteiger partial charge is 0.308 e. The summed E-state index contributed by atoms with van der Waals surface area (Å²) in [6.07, 6.45) is 1.65. The van der Waals surface area contributed by atoms with Crippen LogP contribution >= 0.6 is 0 Å². The minimum Gasteiger partial charge on any atom is -0.481 e. The number of imidazole rings is 1. The summed E-state index contributed by atoms with van der Waals surface area (Å²) in [5, 5.41) is 9.13. The molecule has 110 valence electrons. The molecule has 21 heavy (non-hydrogen) atoms. The molecular formula is C15H17N3O3. The quantitative estimate of drug-likeness (QED) is 0.921. The number of benzene rings is 1. The molecule has 0 radical (unpaired) electrons. The molecule has 1 aliphatic heterocycles. The summed E-state index contributed by atoms with van der Waals surface area (Å²) in [5.41, 5.74) is 1.76. The van der Waals surface area contributed by atoms with Crippen LogP contribution in [0.1, 0.15) is 6.92 Å². The molecule has 0 spiro atoms.